The maximum Gasteiger partial charge on any atom is 0.289 e. The van der Waals surface area contributed by atoms with Crippen LogP contribution in [0.3, 0.4) is 0 Å². The third-order valence-corrected chi connectivity index (χ3v) is 3.64. The summed E-state index contributed by atoms with van der Waals surface area (Å²) in [4.78, 5) is 23.9. The number of aromatic nitrogens is 1. The smallest absolute Gasteiger partial charge is 0.289 e. The third kappa shape index (κ3) is 2.30. The summed E-state index contributed by atoms with van der Waals surface area (Å²) < 4.78 is 0.891. The van der Waals surface area contributed by atoms with Crippen molar-refractivity contribution in [2.45, 2.75) is 0 Å². The Bertz CT molecular complexity index is 964. The van der Waals surface area contributed by atoms with Gasteiger partial charge in [-0.25, -0.2) is 0 Å². The highest BCUT2D eigenvalue weighted by atomic mass is 35.5. The second kappa shape index (κ2) is 5.48. The van der Waals surface area contributed by atoms with E-state index in [0.717, 1.165) is 4.68 Å². The first-order chi connectivity index (χ1) is 11.1. The Morgan fingerprint density at radius 2 is 1.74 bits per heavy atom. The first-order valence-electron chi connectivity index (χ1n) is 6.49. The minimum atomic E-state index is -0.702. The van der Waals surface area contributed by atoms with Gasteiger partial charge in [-0.2, -0.15) is 15.2 Å². The summed E-state index contributed by atoms with van der Waals surface area (Å²) in [5.74, 6) is -0.285. The molecule has 0 atom stereocenters. The maximum absolute atomic E-state index is 12.5. The van der Waals surface area contributed by atoms with Crippen LogP contribution in [0.5, 0.6) is 0 Å². The molecule has 0 saturated carbocycles. The second-order valence-corrected chi connectivity index (χ2v) is 5.17. The lowest BCUT2D eigenvalue weighted by Gasteiger charge is -2.23. The minimum Gasteiger partial charge on any atom is -0.360 e. The average molecular weight is 326 g/mol. The molecule has 0 fully saturated rings. The van der Waals surface area contributed by atoms with Crippen LogP contribution in [-0.4, -0.2) is 17.1 Å². The maximum atomic E-state index is 12.5. The third-order valence-electron chi connectivity index (χ3n) is 3.39. The highest BCUT2D eigenvalue weighted by Crippen LogP contribution is 2.31. The summed E-state index contributed by atoms with van der Waals surface area (Å²) in [6.07, 6.45) is 0. The van der Waals surface area contributed by atoms with Gasteiger partial charge in [0.15, 0.2) is 0 Å². The normalized spacial score (nSPS) is 12.4. The molecule has 2 N–H and O–H groups in total. The van der Waals surface area contributed by atoms with Crippen molar-refractivity contribution in [3.8, 4) is 23.3 Å². The van der Waals surface area contributed by atoms with Gasteiger partial charge in [0.2, 0.25) is 0 Å². The monoisotopic (exact) mass is 325 g/mol. The van der Waals surface area contributed by atoms with Gasteiger partial charge in [-0.15, -0.1) is 0 Å². The van der Waals surface area contributed by atoms with Crippen molar-refractivity contribution in [1.29, 1.82) is 10.5 Å². The molecular weight excluding hydrogens is 318 g/mol. The van der Waals surface area contributed by atoms with E-state index in [0.29, 0.717) is 10.6 Å². The van der Waals surface area contributed by atoms with E-state index in [2.05, 4.69) is 10.7 Å². The fourth-order valence-electron chi connectivity index (χ4n) is 2.40. The zero-order chi connectivity index (χ0) is 16.6. The number of halogens is 1. The molecule has 3 rings (SSSR count). The van der Waals surface area contributed by atoms with Crippen LogP contribution in [0.1, 0.15) is 11.1 Å². The number of amides is 1. The molecule has 0 aliphatic carbocycles. The number of fused-ring (bicyclic) bond motifs is 1. The quantitative estimate of drug-likeness (QED) is 0.823. The Kier molecular flexibility index (Phi) is 3.49. The molecule has 0 bridgehead atoms. The highest BCUT2D eigenvalue weighted by molar-refractivity contribution is 6.30. The van der Waals surface area contributed by atoms with Crippen LogP contribution in [0.2, 0.25) is 5.02 Å². The number of nitrogens with one attached hydrogen (secondary N) is 2. The number of carbonyl (C=O) groups excluding carboxylic acids is 1. The molecule has 8 heteroatoms. The fraction of sp³-hybridized carbons (Fsp3) is 0.0667. The number of rotatable bonds is 1. The van der Waals surface area contributed by atoms with Crippen LogP contribution in [0.25, 0.3) is 11.1 Å². The van der Waals surface area contributed by atoms with E-state index < -0.39 is 11.5 Å². The molecule has 112 valence electrons. The van der Waals surface area contributed by atoms with Crippen molar-refractivity contribution in [2.24, 2.45) is 0 Å². The van der Waals surface area contributed by atoms with E-state index in [1.165, 1.54) is 0 Å². The van der Waals surface area contributed by atoms with Gasteiger partial charge < -0.3 is 5.32 Å². The summed E-state index contributed by atoms with van der Waals surface area (Å²) in [5, 5.41) is 22.1. The van der Waals surface area contributed by atoms with Crippen molar-refractivity contribution in [1.82, 2.24) is 4.68 Å². The lowest BCUT2D eigenvalue weighted by Crippen LogP contribution is -2.44. The van der Waals surface area contributed by atoms with E-state index in [1.807, 2.05) is 12.1 Å². The minimum absolute atomic E-state index is 0.0694. The molecule has 1 aliphatic heterocycles. The summed E-state index contributed by atoms with van der Waals surface area (Å²) in [7, 11) is 0. The van der Waals surface area contributed by atoms with Gasteiger partial charge in [0, 0.05) is 10.6 Å². The molecule has 0 unspecified atom stereocenters. The summed E-state index contributed by atoms with van der Waals surface area (Å²) >= 11 is 5.85. The molecule has 1 aromatic carbocycles. The Morgan fingerprint density at radius 3 is 2.35 bits per heavy atom. The predicted octanol–water partition coefficient (Wildman–Crippen LogP) is 1.41. The number of carbonyl (C=O) groups is 1. The van der Waals surface area contributed by atoms with Crippen molar-refractivity contribution in [3.63, 3.8) is 0 Å². The molecule has 0 radical (unpaired) electrons. The Labute approximate surface area is 135 Å². The van der Waals surface area contributed by atoms with E-state index in [9.17, 15) is 20.1 Å². The molecule has 23 heavy (non-hydrogen) atoms. The van der Waals surface area contributed by atoms with Gasteiger partial charge in [0.05, 0.1) is 6.54 Å². The van der Waals surface area contributed by atoms with Crippen LogP contribution in [-0.2, 0) is 4.79 Å². The van der Waals surface area contributed by atoms with Gasteiger partial charge in [0.25, 0.3) is 11.5 Å². The van der Waals surface area contributed by atoms with Crippen molar-refractivity contribution >= 4 is 23.3 Å². The van der Waals surface area contributed by atoms with E-state index in [4.69, 9.17) is 11.6 Å². The van der Waals surface area contributed by atoms with E-state index in [1.54, 1.807) is 24.3 Å². The lowest BCUT2D eigenvalue weighted by atomic mass is 9.96. The first-order valence-corrected chi connectivity index (χ1v) is 6.87. The van der Waals surface area contributed by atoms with Crippen LogP contribution < -0.4 is 16.3 Å². The second-order valence-electron chi connectivity index (χ2n) is 4.73. The van der Waals surface area contributed by atoms with E-state index >= 15 is 0 Å². The lowest BCUT2D eigenvalue weighted by molar-refractivity contribution is -0.115. The van der Waals surface area contributed by atoms with Crippen LogP contribution in [0.4, 0.5) is 5.82 Å². The summed E-state index contributed by atoms with van der Waals surface area (Å²) in [6.45, 7) is -0.0694. The largest absolute Gasteiger partial charge is 0.360 e. The summed E-state index contributed by atoms with van der Waals surface area (Å²) in [5.41, 5.74) is 2.25. The van der Waals surface area contributed by atoms with E-state index in [-0.39, 0.29) is 29.1 Å². The van der Waals surface area contributed by atoms with Gasteiger partial charge in [-0.05, 0) is 17.7 Å². The zero-order valence-electron chi connectivity index (χ0n) is 11.6. The van der Waals surface area contributed by atoms with Crippen LogP contribution >= 0.6 is 11.6 Å². The average Bonchev–Trinajstić information content (AvgIpc) is 2.56. The van der Waals surface area contributed by atoms with Crippen molar-refractivity contribution < 1.29 is 4.79 Å². The van der Waals surface area contributed by atoms with Crippen LogP contribution in [0, 0.1) is 22.7 Å². The fourth-order valence-corrected chi connectivity index (χ4v) is 2.52. The number of nitriles is 2. The molecule has 0 spiro atoms. The Hall–Kier alpha value is -3.29. The van der Waals surface area contributed by atoms with Gasteiger partial charge in [0.1, 0.15) is 29.1 Å². The number of pyridine rings is 1. The number of anilines is 1. The SMILES string of the molecule is N#Cc1c(-c2ccc(Cl)cc2)c(C#N)c(=O)n2c1NCC(=O)N2. The van der Waals surface area contributed by atoms with Gasteiger partial charge >= 0.3 is 0 Å². The molecule has 7 nitrogen and oxygen atoms in total. The topological polar surface area (TPSA) is 111 Å². The molecular formula is C15H8ClN5O2. The predicted molar refractivity (Wildman–Crippen MR) is 83.4 cm³/mol. The molecule has 1 aliphatic rings. The number of hydrogen-bond acceptors (Lipinski definition) is 5. The zero-order valence-corrected chi connectivity index (χ0v) is 12.3. The number of hydrogen-bond donors (Lipinski definition) is 2. The molecule has 0 saturated heterocycles. The Balaban J connectivity index is 2.41. The van der Waals surface area contributed by atoms with Crippen LogP contribution in [0.15, 0.2) is 29.1 Å². The molecule has 1 amide bonds. The van der Waals surface area contributed by atoms with Gasteiger partial charge in [-0.3, -0.25) is 15.0 Å². The molecule has 2 heterocycles. The summed E-state index contributed by atoms with van der Waals surface area (Å²) in [6, 6.07) is 10.3. The number of benzene rings is 1. The highest BCUT2D eigenvalue weighted by Gasteiger charge is 2.26. The standard InChI is InChI=1S/C15H8ClN5O2/c16-9-3-1-8(2-4-9)13-10(5-17)14-19-7-12(22)20-21(14)15(23)11(13)6-18/h1-4,19H,7H2,(H,20,22). The Morgan fingerprint density at radius 1 is 1.09 bits per heavy atom. The van der Waals surface area contributed by atoms with Gasteiger partial charge in [-0.1, -0.05) is 23.7 Å². The molecule has 1 aromatic heterocycles. The molecule has 2 aromatic rings. The van der Waals surface area contributed by atoms with Crippen molar-refractivity contribution in [3.05, 3.63) is 50.8 Å². The number of nitrogens with zero attached hydrogens (tertiary/aromatic N) is 3. The van der Waals surface area contributed by atoms with Crippen molar-refractivity contribution in [2.75, 3.05) is 17.3 Å². The first kappa shape index (κ1) is 14.6.